The Morgan fingerprint density at radius 1 is 1.09 bits per heavy atom. The molecule has 7 heteroatoms. The highest BCUT2D eigenvalue weighted by Crippen LogP contribution is 2.41. The van der Waals surface area contributed by atoms with Crippen molar-refractivity contribution in [1.29, 1.82) is 0 Å². The highest BCUT2D eigenvalue weighted by atomic mass is 32.2. The molecule has 0 bridgehead atoms. The zero-order chi connectivity index (χ0) is 23.6. The van der Waals surface area contributed by atoms with Gasteiger partial charge in [-0.3, -0.25) is 9.59 Å². The quantitative estimate of drug-likeness (QED) is 0.278. The number of aliphatic hydroxyl groups excluding tert-OH is 1. The second-order valence-electron chi connectivity index (χ2n) is 9.00. The summed E-state index contributed by atoms with van der Waals surface area (Å²) in [7, 11) is 0. The van der Waals surface area contributed by atoms with Crippen molar-refractivity contribution >= 4 is 23.5 Å². The van der Waals surface area contributed by atoms with Crippen molar-refractivity contribution in [2.24, 2.45) is 5.92 Å². The van der Waals surface area contributed by atoms with E-state index in [0.717, 1.165) is 44.1 Å². The fraction of sp³-hybridized carbons (Fsp3) is 0.680. The molecule has 1 aliphatic rings. The van der Waals surface area contributed by atoms with E-state index in [9.17, 15) is 24.9 Å². The van der Waals surface area contributed by atoms with Crippen LogP contribution in [0.2, 0.25) is 0 Å². The molecule has 32 heavy (non-hydrogen) atoms. The summed E-state index contributed by atoms with van der Waals surface area (Å²) in [5, 5.41) is 40.1. The first kappa shape index (κ1) is 26.7. The first-order valence-electron chi connectivity index (χ1n) is 11.8. The highest BCUT2D eigenvalue weighted by molar-refractivity contribution is 8.00. The number of thioether (sulfide) groups is 1. The molecule has 0 spiro atoms. The van der Waals surface area contributed by atoms with Gasteiger partial charge in [-0.25, -0.2) is 0 Å². The Bertz CT molecular complexity index is 722. The minimum absolute atomic E-state index is 0.0830. The van der Waals surface area contributed by atoms with Crippen LogP contribution in [-0.2, 0) is 15.2 Å². The Morgan fingerprint density at radius 3 is 2.44 bits per heavy atom. The summed E-state index contributed by atoms with van der Waals surface area (Å²) < 4.78 is 0. The number of phenolic OH excluding ortho intramolecular Hbond substituents is 1. The van der Waals surface area contributed by atoms with Gasteiger partial charge in [0.15, 0.2) is 0 Å². The monoisotopic (exact) mass is 466 g/mol. The molecule has 2 unspecified atom stereocenters. The highest BCUT2D eigenvalue weighted by Gasteiger charge is 2.43. The van der Waals surface area contributed by atoms with Crippen LogP contribution in [0.25, 0.3) is 0 Å². The molecule has 1 aliphatic carbocycles. The minimum Gasteiger partial charge on any atom is -0.508 e. The summed E-state index contributed by atoms with van der Waals surface area (Å²) in [6.45, 7) is 2.11. The van der Waals surface area contributed by atoms with Crippen molar-refractivity contribution in [2.45, 2.75) is 94.5 Å². The lowest BCUT2D eigenvalue weighted by Gasteiger charge is -2.31. The number of phenols is 1. The predicted molar refractivity (Wildman–Crippen MR) is 127 cm³/mol. The van der Waals surface area contributed by atoms with Crippen LogP contribution in [0.3, 0.4) is 0 Å². The number of aliphatic carboxylic acids is 1. The number of benzene rings is 1. The summed E-state index contributed by atoms with van der Waals surface area (Å²) in [5.41, 5.74) is -0.340. The molecule has 0 radical (unpaired) electrons. The van der Waals surface area contributed by atoms with Crippen LogP contribution in [0.4, 0.5) is 0 Å². The third kappa shape index (κ3) is 8.09. The second kappa shape index (κ2) is 13.2. The predicted octanol–water partition coefficient (Wildman–Crippen LogP) is 4.64. The smallest absolute Gasteiger partial charge is 0.303 e. The maximum atomic E-state index is 12.5. The van der Waals surface area contributed by atoms with Crippen molar-refractivity contribution < 1.29 is 30.0 Å². The molecule has 4 N–H and O–H groups in total. The topological polar surface area (TPSA) is 115 Å². The first-order chi connectivity index (χ1) is 15.3. The largest absolute Gasteiger partial charge is 0.508 e. The van der Waals surface area contributed by atoms with Crippen molar-refractivity contribution in [1.82, 2.24) is 0 Å². The number of hydrogen-bond acceptors (Lipinski definition) is 6. The number of carboxylic acids is 1. The lowest BCUT2D eigenvalue weighted by atomic mass is 9.90. The number of ketones is 1. The van der Waals surface area contributed by atoms with Gasteiger partial charge in [-0.2, -0.15) is 11.8 Å². The summed E-state index contributed by atoms with van der Waals surface area (Å²) in [6, 6.07) is 6.64. The Morgan fingerprint density at radius 2 is 1.78 bits per heavy atom. The number of carboxylic acid groups (broad SMARTS) is 1. The van der Waals surface area contributed by atoms with Crippen LogP contribution in [0.5, 0.6) is 5.75 Å². The van der Waals surface area contributed by atoms with Gasteiger partial charge in [0, 0.05) is 29.8 Å². The van der Waals surface area contributed by atoms with E-state index >= 15 is 0 Å². The molecule has 1 aromatic rings. The van der Waals surface area contributed by atoms with E-state index in [1.165, 1.54) is 11.8 Å². The number of rotatable bonds is 15. The molecule has 0 aliphatic heterocycles. The lowest BCUT2D eigenvalue weighted by Crippen LogP contribution is -2.32. The Kier molecular flexibility index (Phi) is 11.0. The number of Topliss-reactive ketones (excluding diaryl/α,β-unsaturated/α-hetero) is 1. The molecule has 180 valence electrons. The van der Waals surface area contributed by atoms with E-state index < -0.39 is 17.7 Å². The first-order valence-corrected chi connectivity index (χ1v) is 12.9. The third-order valence-corrected chi connectivity index (χ3v) is 8.04. The fourth-order valence-corrected chi connectivity index (χ4v) is 6.06. The van der Waals surface area contributed by atoms with E-state index in [0.29, 0.717) is 25.0 Å². The van der Waals surface area contributed by atoms with Gasteiger partial charge in [-0.15, -0.1) is 0 Å². The second-order valence-corrected chi connectivity index (χ2v) is 10.2. The van der Waals surface area contributed by atoms with Gasteiger partial charge in [-0.05, 0) is 37.0 Å². The minimum atomic E-state index is -1.08. The van der Waals surface area contributed by atoms with Crippen LogP contribution in [0.1, 0.15) is 83.1 Å². The molecule has 4 atom stereocenters. The van der Waals surface area contributed by atoms with Gasteiger partial charge in [-0.1, -0.05) is 57.6 Å². The number of aromatic hydroxyl groups is 1. The standard InChI is InChI=1S/C25H38O6S/c1-2-3-8-15-25(31,18-11-13-19(26)14-12-18)17-32-24-20(21(27)16-22(24)28)9-6-4-5-7-10-23(29)30/h11-14,20,22,24,26,28,31H,2-10,15-17H2,1H3,(H,29,30)/t20-,22?,24+,25?/m0/s1. The molecule has 0 amide bonds. The van der Waals surface area contributed by atoms with Crippen LogP contribution >= 0.6 is 11.8 Å². The van der Waals surface area contributed by atoms with E-state index in [4.69, 9.17) is 5.11 Å². The zero-order valence-corrected chi connectivity index (χ0v) is 19.9. The number of carbonyl (C=O) groups is 2. The van der Waals surface area contributed by atoms with Crippen LogP contribution < -0.4 is 0 Å². The van der Waals surface area contributed by atoms with Gasteiger partial charge in [0.2, 0.25) is 0 Å². The van der Waals surface area contributed by atoms with Gasteiger partial charge in [0.1, 0.15) is 11.5 Å². The van der Waals surface area contributed by atoms with E-state index in [1.807, 2.05) is 0 Å². The van der Waals surface area contributed by atoms with E-state index in [-0.39, 0.29) is 35.5 Å². The molecular formula is C25H38O6S. The van der Waals surface area contributed by atoms with Gasteiger partial charge >= 0.3 is 5.97 Å². The van der Waals surface area contributed by atoms with Crippen molar-refractivity contribution in [3.05, 3.63) is 29.8 Å². The number of aliphatic hydroxyl groups is 2. The van der Waals surface area contributed by atoms with Gasteiger partial charge < -0.3 is 20.4 Å². The maximum Gasteiger partial charge on any atom is 0.303 e. The summed E-state index contributed by atoms with van der Waals surface area (Å²) in [4.78, 5) is 23.1. The van der Waals surface area contributed by atoms with E-state index in [2.05, 4.69) is 6.92 Å². The lowest BCUT2D eigenvalue weighted by molar-refractivity contribution is -0.137. The van der Waals surface area contributed by atoms with Gasteiger partial charge in [0.05, 0.1) is 11.7 Å². The van der Waals surface area contributed by atoms with Crippen LogP contribution in [0.15, 0.2) is 24.3 Å². The SMILES string of the molecule is CCCCCC(O)(CS[C@H]1C(O)CC(=O)[C@@H]1CCCCCCC(=O)O)c1ccc(O)cc1. The number of unbranched alkanes of at least 4 members (excludes halogenated alkanes) is 5. The van der Waals surface area contributed by atoms with Crippen molar-refractivity contribution in [2.75, 3.05) is 5.75 Å². The molecule has 6 nitrogen and oxygen atoms in total. The van der Waals surface area contributed by atoms with E-state index in [1.54, 1.807) is 24.3 Å². The van der Waals surface area contributed by atoms with Crippen molar-refractivity contribution in [3.8, 4) is 5.75 Å². The van der Waals surface area contributed by atoms with Crippen molar-refractivity contribution in [3.63, 3.8) is 0 Å². The molecule has 1 aromatic carbocycles. The number of hydrogen-bond donors (Lipinski definition) is 4. The molecule has 0 heterocycles. The van der Waals surface area contributed by atoms with Gasteiger partial charge in [0.25, 0.3) is 0 Å². The maximum absolute atomic E-state index is 12.5. The third-order valence-electron chi connectivity index (χ3n) is 6.37. The summed E-state index contributed by atoms with van der Waals surface area (Å²) >= 11 is 1.48. The Hall–Kier alpha value is -1.57. The molecule has 1 saturated carbocycles. The summed E-state index contributed by atoms with van der Waals surface area (Å²) in [5.74, 6) is -0.395. The average molecular weight is 467 g/mol. The summed E-state index contributed by atoms with van der Waals surface area (Å²) in [6.07, 6.45) is 7.02. The molecule has 2 rings (SSSR count). The van der Waals surface area contributed by atoms with Crippen LogP contribution in [-0.4, -0.2) is 49.3 Å². The zero-order valence-electron chi connectivity index (χ0n) is 19.0. The molecule has 0 saturated heterocycles. The Balaban J connectivity index is 1.97. The molecule has 0 aromatic heterocycles. The Labute approximate surface area is 195 Å². The van der Waals surface area contributed by atoms with Crippen LogP contribution in [0, 0.1) is 5.92 Å². The number of carbonyl (C=O) groups excluding carboxylic acids is 1. The fourth-order valence-electron chi connectivity index (χ4n) is 4.44. The average Bonchev–Trinajstić information content (AvgIpc) is 3.01. The normalized spacial score (nSPS) is 22.7. The molecule has 1 fully saturated rings. The molecular weight excluding hydrogens is 428 g/mol.